The number of aromatic amines is 1. The molecule has 6 nitrogen and oxygen atoms in total. The Morgan fingerprint density at radius 3 is 2.62 bits per heavy atom. The fraction of sp³-hybridized carbons (Fsp3) is 0.375. The fourth-order valence-corrected chi connectivity index (χ4v) is 2.97. The highest BCUT2D eigenvalue weighted by molar-refractivity contribution is 6.39. The number of hydrogen-bond donors (Lipinski definition) is 2. The van der Waals surface area contributed by atoms with Crippen LogP contribution in [0.2, 0.25) is 10.0 Å². The van der Waals surface area contributed by atoms with E-state index in [0.29, 0.717) is 33.1 Å². The van der Waals surface area contributed by atoms with Crippen molar-refractivity contribution < 1.29 is 19.4 Å². The van der Waals surface area contributed by atoms with Crippen molar-refractivity contribution in [3.8, 4) is 0 Å². The first-order chi connectivity index (χ1) is 11.3. The van der Waals surface area contributed by atoms with Gasteiger partial charge in [0.2, 0.25) is 0 Å². The molecule has 1 aromatic heterocycles. The number of aromatic nitrogens is 1. The Morgan fingerprint density at radius 2 is 2.00 bits per heavy atom. The van der Waals surface area contributed by atoms with Gasteiger partial charge < -0.3 is 19.7 Å². The third-order valence-electron chi connectivity index (χ3n) is 3.48. The number of aryl methyl sites for hydroxylation is 1. The first kappa shape index (κ1) is 18.6. The Labute approximate surface area is 149 Å². The topological polar surface area (TPSA) is 82.6 Å². The van der Waals surface area contributed by atoms with Crippen LogP contribution in [0.3, 0.4) is 0 Å². The normalized spacial score (nSPS) is 11.2. The summed E-state index contributed by atoms with van der Waals surface area (Å²) in [6.07, 6.45) is 0.0404. The minimum absolute atomic E-state index is 0.121. The predicted molar refractivity (Wildman–Crippen MR) is 93.1 cm³/mol. The maximum Gasteiger partial charge on any atom is 0.355 e. The number of nitrogens with zero attached hydrogens (tertiary/aromatic N) is 1. The lowest BCUT2D eigenvalue weighted by atomic mass is 10.1. The second kappa shape index (κ2) is 7.88. The van der Waals surface area contributed by atoms with E-state index in [4.69, 9.17) is 33.0 Å². The van der Waals surface area contributed by atoms with E-state index in [9.17, 15) is 9.59 Å². The Morgan fingerprint density at radius 1 is 1.29 bits per heavy atom. The number of H-pyrrole nitrogens is 1. The summed E-state index contributed by atoms with van der Waals surface area (Å²) in [5.74, 6) is -1.50. The van der Waals surface area contributed by atoms with Gasteiger partial charge in [0.05, 0.1) is 5.02 Å². The summed E-state index contributed by atoms with van der Waals surface area (Å²) in [5.41, 5.74) is 1.32. The summed E-state index contributed by atoms with van der Waals surface area (Å²) in [7, 11) is 3.74. The quantitative estimate of drug-likeness (QED) is 0.729. The Hall–Kier alpha value is -1.76. The van der Waals surface area contributed by atoms with Crippen molar-refractivity contribution in [1.29, 1.82) is 0 Å². The number of benzene rings is 1. The number of aliphatic carboxylic acids is 1. The van der Waals surface area contributed by atoms with Crippen LogP contribution < -0.4 is 0 Å². The third kappa shape index (κ3) is 4.41. The SMILES string of the molecule is CN(C)CCOC(=O)c1[nH]c2cc(Cl)cc(Cl)c2c1CCC(=O)O. The van der Waals surface area contributed by atoms with Crippen LogP contribution in [0.1, 0.15) is 22.5 Å². The van der Waals surface area contributed by atoms with E-state index in [1.165, 1.54) is 0 Å². The van der Waals surface area contributed by atoms with Crippen molar-refractivity contribution >= 4 is 46.0 Å². The van der Waals surface area contributed by atoms with Gasteiger partial charge in [-0.3, -0.25) is 4.79 Å². The number of ether oxygens (including phenoxy) is 1. The number of carboxylic acids is 1. The zero-order chi connectivity index (χ0) is 17.9. The second-order valence-electron chi connectivity index (χ2n) is 5.62. The van der Waals surface area contributed by atoms with Crippen molar-refractivity contribution in [2.75, 3.05) is 27.2 Å². The number of rotatable bonds is 7. The molecular formula is C16H18Cl2N2O4. The molecule has 0 aliphatic heterocycles. The van der Waals surface area contributed by atoms with Gasteiger partial charge in [-0.1, -0.05) is 23.2 Å². The van der Waals surface area contributed by atoms with Crippen LogP contribution >= 0.6 is 23.2 Å². The number of carboxylic acid groups (broad SMARTS) is 1. The smallest absolute Gasteiger partial charge is 0.355 e. The molecule has 0 bridgehead atoms. The molecule has 1 aromatic carbocycles. The first-order valence-corrected chi connectivity index (χ1v) is 8.08. The Balaban J connectivity index is 2.39. The lowest BCUT2D eigenvalue weighted by molar-refractivity contribution is -0.136. The fourth-order valence-electron chi connectivity index (χ4n) is 2.36. The largest absolute Gasteiger partial charge is 0.481 e. The van der Waals surface area contributed by atoms with Crippen molar-refractivity contribution in [3.63, 3.8) is 0 Å². The number of carbonyl (C=O) groups is 2. The molecule has 0 radical (unpaired) electrons. The van der Waals surface area contributed by atoms with Crippen LogP contribution in [0.5, 0.6) is 0 Å². The summed E-state index contributed by atoms with van der Waals surface area (Å²) < 4.78 is 5.25. The molecule has 1 heterocycles. The zero-order valence-electron chi connectivity index (χ0n) is 13.4. The molecule has 0 unspecified atom stereocenters. The van der Waals surface area contributed by atoms with Crippen LogP contribution in [0.4, 0.5) is 0 Å². The first-order valence-electron chi connectivity index (χ1n) is 7.33. The Bertz CT molecular complexity index is 771. The number of likely N-dealkylation sites (N-methyl/N-ethyl adjacent to an activating group) is 1. The van der Waals surface area contributed by atoms with Gasteiger partial charge in [-0.25, -0.2) is 4.79 Å². The molecule has 0 saturated heterocycles. The van der Waals surface area contributed by atoms with E-state index in [0.717, 1.165) is 0 Å². The van der Waals surface area contributed by atoms with Crippen LogP contribution in [0.25, 0.3) is 10.9 Å². The lowest BCUT2D eigenvalue weighted by Crippen LogP contribution is -2.20. The minimum Gasteiger partial charge on any atom is -0.481 e. The molecule has 2 N–H and O–H groups in total. The lowest BCUT2D eigenvalue weighted by Gasteiger charge is -2.10. The number of halogens is 2. The molecule has 0 amide bonds. The summed E-state index contributed by atoms with van der Waals surface area (Å²) in [6, 6.07) is 3.20. The molecule has 24 heavy (non-hydrogen) atoms. The number of hydrogen-bond acceptors (Lipinski definition) is 4. The van der Waals surface area contributed by atoms with E-state index >= 15 is 0 Å². The van der Waals surface area contributed by atoms with Gasteiger partial charge in [0.1, 0.15) is 12.3 Å². The Kier molecular flexibility index (Phi) is 6.10. The monoisotopic (exact) mass is 372 g/mol. The zero-order valence-corrected chi connectivity index (χ0v) is 14.9. The van der Waals surface area contributed by atoms with E-state index < -0.39 is 11.9 Å². The molecule has 8 heteroatoms. The van der Waals surface area contributed by atoms with Crippen molar-refractivity contribution in [3.05, 3.63) is 33.4 Å². The van der Waals surface area contributed by atoms with E-state index in [2.05, 4.69) is 4.98 Å². The molecule has 2 aromatic rings. The number of carbonyl (C=O) groups excluding carboxylic acids is 1. The summed E-state index contributed by atoms with van der Waals surface area (Å²) >= 11 is 12.2. The van der Waals surface area contributed by atoms with Gasteiger partial charge >= 0.3 is 11.9 Å². The van der Waals surface area contributed by atoms with Gasteiger partial charge in [-0.05, 0) is 38.2 Å². The van der Waals surface area contributed by atoms with E-state index in [1.807, 2.05) is 19.0 Å². The summed E-state index contributed by atoms with van der Waals surface area (Å²) in [5, 5.41) is 10.3. The molecule has 0 spiro atoms. The highest BCUT2D eigenvalue weighted by Crippen LogP contribution is 2.33. The molecule has 0 aliphatic rings. The van der Waals surface area contributed by atoms with Gasteiger partial charge in [0, 0.05) is 28.9 Å². The van der Waals surface area contributed by atoms with Gasteiger partial charge in [0.15, 0.2) is 0 Å². The van der Waals surface area contributed by atoms with Gasteiger partial charge in [-0.15, -0.1) is 0 Å². The summed E-state index contributed by atoms with van der Waals surface area (Å²) in [4.78, 5) is 28.1. The highest BCUT2D eigenvalue weighted by atomic mass is 35.5. The minimum atomic E-state index is -0.957. The molecule has 0 fully saturated rings. The van der Waals surface area contributed by atoms with Crippen molar-refractivity contribution in [1.82, 2.24) is 9.88 Å². The molecule has 0 aliphatic carbocycles. The third-order valence-corrected chi connectivity index (χ3v) is 4.00. The maximum atomic E-state index is 12.4. The highest BCUT2D eigenvalue weighted by Gasteiger charge is 2.21. The van der Waals surface area contributed by atoms with Crippen LogP contribution in [-0.4, -0.2) is 54.2 Å². The van der Waals surface area contributed by atoms with Crippen LogP contribution in [-0.2, 0) is 16.0 Å². The number of esters is 1. The average molecular weight is 373 g/mol. The van der Waals surface area contributed by atoms with E-state index in [-0.39, 0.29) is 25.1 Å². The maximum absolute atomic E-state index is 12.4. The van der Waals surface area contributed by atoms with Gasteiger partial charge in [-0.2, -0.15) is 0 Å². The molecule has 2 rings (SSSR count). The summed E-state index contributed by atoms with van der Waals surface area (Å²) in [6.45, 7) is 0.817. The number of nitrogens with one attached hydrogen (secondary N) is 1. The standard InChI is InChI=1S/C16H18Cl2N2O4/c1-20(2)5-6-24-16(23)15-10(3-4-13(21)22)14-11(18)7-9(17)8-12(14)19-15/h7-8,19H,3-6H2,1-2H3,(H,21,22). The predicted octanol–water partition coefficient (Wildman–Crippen LogP) is 3.21. The van der Waals surface area contributed by atoms with Crippen molar-refractivity contribution in [2.45, 2.75) is 12.8 Å². The number of fused-ring (bicyclic) bond motifs is 1. The molecule has 0 atom stereocenters. The van der Waals surface area contributed by atoms with E-state index in [1.54, 1.807) is 12.1 Å². The van der Waals surface area contributed by atoms with Gasteiger partial charge in [0.25, 0.3) is 0 Å². The van der Waals surface area contributed by atoms with Crippen LogP contribution in [0.15, 0.2) is 12.1 Å². The second-order valence-corrected chi connectivity index (χ2v) is 6.47. The molecule has 0 saturated carbocycles. The van der Waals surface area contributed by atoms with Crippen molar-refractivity contribution in [2.24, 2.45) is 0 Å². The van der Waals surface area contributed by atoms with Crippen LogP contribution in [0, 0.1) is 0 Å². The molecular weight excluding hydrogens is 355 g/mol. The average Bonchev–Trinajstić information content (AvgIpc) is 2.83. The molecule has 130 valence electrons.